The van der Waals surface area contributed by atoms with Crippen LogP contribution in [0.15, 0.2) is 18.2 Å². The van der Waals surface area contributed by atoms with Gasteiger partial charge in [0.15, 0.2) is 0 Å². The second-order valence-electron chi connectivity index (χ2n) is 6.05. The molecule has 0 aromatic heterocycles. The van der Waals surface area contributed by atoms with E-state index >= 15 is 0 Å². The molecule has 1 N–H and O–H groups in total. The van der Waals surface area contributed by atoms with Crippen LogP contribution < -0.4 is 10.2 Å². The van der Waals surface area contributed by atoms with Crippen molar-refractivity contribution in [1.82, 2.24) is 5.32 Å². The van der Waals surface area contributed by atoms with Gasteiger partial charge >= 0.3 is 0 Å². The maximum atomic E-state index is 12.1. The highest BCUT2D eigenvalue weighted by Gasteiger charge is 2.30. The molecule has 0 bridgehead atoms. The summed E-state index contributed by atoms with van der Waals surface area (Å²) in [7, 11) is 0. The van der Waals surface area contributed by atoms with Gasteiger partial charge in [0.05, 0.1) is 0 Å². The van der Waals surface area contributed by atoms with Crippen LogP contribution in [0.2, 0.25) is 0 Å². The first-order valence-corrected chi connectivity index (χ1v) is 6.76. The average Bonchev–Trinajstić information content (AvgIpc) is 2.80. The minimum atomic E-state index is -0.126. The highest BCUT2D eigenvalue weighted by Crippen LogP contribution is 2.28. The van der Waals surface area contributed by atoms with Gasteiger partial charge in [-0.15, -0.1) is 0 Å². The smallest absolute Gasteiger partial charge is 0.252 e. The molecule has 3 rings (SSSR count). The Balaban J connectivity index is 1.96. The van der Waals surface area contributed by atoms with Gasteiger partial charge < -0.3 is 10.2 Å². The van der Waals surface area contributed by atoms with E-state index in [1.54, 1.807) is 0 Å². The molecule has 2 heterocycles. The van der Waals surface area contributed by atoms with E-state index in [1.807, 2.05) is 0 Å². The molecule has 2 aliphatic heterocycles. The second-order valence-corrected chi connectivity index (χ2v) is 6.05. The van der Waals surface area contributed by atoms with Crippen molar-refractivity contribution < 1.29 is 4.79 Å². The number of hydrogen-bond acceptors (Lipinski definition) is 2. The summed E-state index contributed by atoms with van der Waals surface area (Å²) in [6, 6.07) is 6.35. The molecule has 0 aliphatic carbocycles. The first kappa shape index (κ1) is 11.6. The van der Waals surface area contributed by atoms with Crippen LogP contribution in [0.5, 0.6) is 0 Å². The molecule has 3 heteroatoms. The fraction of sp³-hybridized carbons (Fsp3) is 0.533. The molecule has 0 unspecified atom stereocenters. The van der Waals surface area contributed by atoms with E-state index in [4.69, 9.17) is 0 Å². The predicted molar refractivity (Wildman–Crippen MR) is 73.1 cm³/mol. The number of rotatable bonds is 1. The Hall–Kier alpha value is -1.51. The molecule has 1 saturated heterocycles. The average molecular weight is 244 g/mol. The summed E-state index contributed by atoms with van der Waals surface area (Å²) in [5.74, 6) is 0.0716. The van der Waals surface area contributed by atoms with Crippen molar-refractivity contribution in [1.29, 1.82) is 0 Å². The van der Waals surface area contributed by atoms with Gasteiger partial charge in [0, 0.05) is 29.9 Å². The molecule has 0 spiro atoms. The van der Waals surface area contributed by atoms with Crippen molar-refractivity contribution in [3.8, 4) is 0 Å². The first-order valence-electron chi connectivity index (χ1n) is 6.76. The Labute approximate surface area is 108 Å². The molecule has 0 saturated carbocycles. The lowest BCUT2D eigenvalue weighted by molar-refractivity contribution is 0.0897. The van der Waals surface area contributed by atoms with E-state index in [1.165, 1.54) is 24.1 Å². The Kier molecular flexibility index (Phi) is 2.58. The predicted octanol–water partition coefficient (Wildman–Crippen LogP) is 2.35. The molecule has 96 valence electrons. The van der Waals surface area contributed by atoms with Gasteiger partial charge in [-0.05, 0) is 50.8 Å². The SMILES string of the molecule is CC1(C)Cc2ccc(N3CCCC3)cc2C(=O)N1. The van der Waals surface area contributed by atoms with Crippen molar-refractivity contribution in [2.45, 2.75) is 38.6 Å². The Morgan fingerprint density at radius 3 is 2.67 bits per heavy atom. The van der Waals surface area contributed by atoms with Gasteiger partial charge in [-0.2, -0.15) is 0 Å². The molecule has 1 amide bonds. The summed E-state index contributed by atoms with van der Waals surface area (Å²) in [5, 5.41) is 3.07. The third-order valence-corrected chi connectivity index (χ3v) is 3.89. The van der Waals surface area contributed by atoms with E-state index in [2.05, 4.69) is 42.3 Å². The van der Waals surface area contributed by atoms with Crippen LogP contribution in [-0.4, -0.2) is 24.5 Å². The summed E-state index contributed by atoms with van der Waals surface area (Å²) < 4.78 is 0. The van der Waals surface area contributed by atoms with E-state index in [0.717, 1.165) is 25.1 Å². The number of carbonyl (C=O) groups is 1. The van der Waals surface area contributed by atoms with Crippen molar-refractivity contribution in [3.63, 3.8) is 0 Å². The first-order chi connectivity index (χ1) is 8.55. The molecule has 2 aliphatic rings. The van der Waals surface area contributed by atoms with Crippen molar-refractivity contribution >= 4 is 11.6 Å². The third kappa shape index (κ3) is 1.98. The topological polar surface area (TPSA) is 32.3 Å². The van der Waals surface area contributed by atoms with Gasteiger partial charge in [0.25, 0.3) is 5.91 Å². The molecular formula is C15H20N2O. The Morgan fingerprint density at radius 2 is 1.94 bits per heavy atom. The van der Waals surface area contributed by atoms with E-state index in [0.29, 0.717) is 0 Å². The fourth-order valence-electron chi connectivity index (χ4n) is 3.00. The summed E-state index contributed by atoms with van der Waals surface area (Å²) in [6.07, 6.45) is 3.43. The number of hydrogen-bond donors (Lipinski definition) is 1. The molecule has 1 aromatic rings. The summed E-state index contributed by atoms with van der Waals surface area (Å²) >= 11 is 0. The fourth-order valence-corrected chi connectivity index (χ4v) is 3.00. The Morgan fingerprint density at radius 1 is 1.22 bits per heavy atom. The Bertz CT molecular complexity index is 487. The van der Waals surface area contributed by atoms with Crippen LogP contribution in [0, 0.1) is 0 Å². The molecule has 0 radical (unpaired) electrons. The summed E-state index contributed by atoms with van der Waals surface area (Å²) in [5.41, 5.74) is 3.10. The number of benzene rings is 1. The second kappa shape index (κ2) is 4.01. The molecule has 0 atom stereocenters. The van der Waals surface area contributed by atoms with Crippen LogP contribution >= 0.6 is 0 Å². The summed E-state index contributed by atoms with van der Waals surface area (Å²) in [6.45, 7) is 6.38. The molecule has 3 nitrogen and oxygen atoms in total. The molecule has 18 heavy (non-hydrogen) atoms. The maximum absolute atomic E-state index is 12.1. The van der Waals surface area contributed by atoms with Gasteiger partial charge in [-0.25, -0.2) is 0 Å². The zero-order valence-electron chi connectivity index (χ0n) is 11.1. The van der Waals surface area contributed by atoms with E-state index in [9.17, 15) is 4.79 Å². The zero-order chi connectivity index (χ0) is 12.8. The number of nitrogens with one attached hydrogen (secondary N) is 1. The minimum Gasteiger partial charge on any atom is -0.372 e. The van der Waals surface area contributed by atoms with Crippen molar-refractivity contribution in [2.24, 2.45) is 0 Å². The standard InChI is InChI=1S/C15H20N2O/c1-15(2)10-11-5-6-12(17-7-3-4-8-17)9-13(11)14(18)16-15/h5-6,9H,3-4,7-8,10H2,1-2H3,(H,16,18). The van der Waals surface area contributed by atoms with Crippen LogP contribution in [0.25, 0.3) is 0 Å². The van der Waals surface area contributed by atoms with Crippen LogP contribution in [-0.2, 0) is 6.42 Å². The van der Waals surface area contributed by atoms with E-state index < -0.39 is 0 Å². The number of carbonyl (C=O) groups excluding carboxylic acids is 1. The highest BCUT2D eigenvalue weighted by atomic mass is 16.1. The minimum absolute atomic E-state index is 0.0716. The number of nitrogens with zero attached hydrogens (tertiary/aromatic N) is 1. The largest absolute Gasteiger partial charge is 0.372 e. The quantitative estimate of drug-likeness (QED) is 0.822. The van der Waals surface area contributed by atoms with Crippen molar-refractivity contribution in [3.05, 3.63) is 29.3 Å². The van der Waals surface area contributed by atoms with E-state index in [-0.39, 0.29) is 11.4 Å². The molecule has 1 fully saturated rings. The zero-order valence-corrected chi connectivity index (χ0v) is 11.1. The normalized spacial score (nSPS) is 21.7. The van der Waals surface area contributed by atoms with Crippen molar-refractivity contribution in [2.75, 3.05) is 18.0 Å². The number of anilines is 1. The molecule has 1 aromatic carbocycles. The number of fused-ring (bicyclic) bond motifs is 1. The summed E-state index contributed by atoms with van der Waals surface area (Å²) in [4.78, 5) is 14.5. The lowest BCUT2D eigenvalue weighted by atomic mass is 9.87. The third-order valence-electron chi connectivity index (χ3n) is 3.89. The van der Waals surface area contributed by atoms with Gasteiger partial charge in [0.1, 0.15) is 0 Å². The highest BCUT2D eigenvalue weighted by molar-refractivity contribution is 5.98. The lowest BCUT2D eigenvalue weighted by Crippen LogP contribution is -2.49. The van der Waals surface area contributed by atoms with Gasteiger partial charge in [0.2, 0.25) is 0 Å². The van der Waals surface area contributed by atoms with Crippen LogP contribution in [0.3, 0.4) is 0 Å². The molecular weight excluding hydrogens is 224 g/mol. The maximum Gasteiger partial charge on any atom is 0.252 e. The van der Waals surface area contributed by atoms with Crippen LogP contribution in [0.1, 0.15) is 42.6 Å². The van der Waals surface area contributed by atoms with Gasteiger partial charge in [-0.3, -0.25) is 4.79 Å². The monoisotopic (exact) mass is 244 g/mol. The number of amides is 1. The lowest BCUT2D eigenvalue weighted by Gasteiger charge is -2.33. The van der Waals surface area contributed by atoms with Gasteiger partial charge in [-0.1, -0.05) is 6.07 Å². The van der Waals surface area contributed by atoms with Crippen LogP contribution in [0.4, 0.5) is 5.69 Å².